The summed E-state index contributed by atoms with van der Waals surface area (Å²) in [6, 6.07) is 0. The van der Waals surface area contributed by atoms with Gasteiger partial charge in [0.2, 0.25) is 0 Å². The van der Waals surface area contributed by atoms with Crippen molar-refractivity contribution < 1.29 is 57.7 Å². The van der Waals surface area contributed by atoms with Gasteiger partial charge in [-0.05, 0) is 25.7 Å². The molecule has 54 heavy (non-hydrogen) atoms. The van der Waals surface area contributed by atoms with Gasteiger partial charge in [-0.2, -0.15) is 0 Å². The van der Waals surface area contributed by atoms with E-state index in [0.717, 1.165) is 22.1 Å². The van der Waals surface area contributed by atoms with E-state index in [1.165, 1.54) is 193 Å². The van der Waals surface area contributed by atoms with Crippen LogP contribution < -0.4 is 9.79 Å². The van der Waals surface area contributed by atoms with E-state index in [9.17, 15) is 0 Å². The van der Waals surface area contributed by atoms with Gasteiger partial charge in [-0.15, -0.1) is 0 Å². The van der Waals surface area contributed by atoms with E-state index in [1.807, 2.05) is 0 Å². The van der Waals surface area contributed by atoms with Crippen molar-refractivity contribution in [1.82, 2.24) is 0 Å². The fraction of sp³-hybridized carbons (Fsp3) is 1.00. The van der Waals surface area contributed by atoms with Gasteiger partial charge in [-0.25, -0.2) is 0 Å². The second-order valence-corrected chi connectivity index (χ2v) is 18.3. The van der Waals surface area contributed by atoms with E-state index in [0.29, 0.717) is 13.2 Å². The molecule has 6 N–H and O–H groups in total. The number of quaternary nitrogens is 2. The Morgan fingerprint density at radius 3 is 0.648 bits per heavy atom. The summed E-state index contributed by atoms with van der Waals surface area (Å²) in [6.45, 7) is 9.38. The third-order valence-electron chi connectivity index (χ3n) is 9.64. The molecule has 0 spiro atoms. The van der Waals surface area contributed by atoms with Gasteiger partial charge in [-0.3, -0.25) is 9.13 Å². The van der Waals surface area contributed by atoms with Crippen molar-refractivity contribution in [3.63, 3.8) is 0 Å². The molecule has 332 valence electrons. The highest BCUT2D eigenvalue weighted by Gasteiger charge is 2.13. The third-order valence-corrected chi connectivity index (χ3v) is 9.64. The van der Waals surface area contributed by atoms with E-state index in [2.05, 4.69) is 42.0 Å². The summed E-state index contributed by atoms with van der Waals surface area (Å²) in [4.78, 5) is 45.8. The van der Waals surface area contributed by atoms with Gasteiger partial charge in [0.15, 0.2) is 0 Å². The van der Waals surface area contributed by atoms with Crippen molar-refractivity contribution in [1.29, 1.82) is 0 Å². The summed E-state index contributed by atoms with van der Waals surface area (Å²) in [5, 5.41) is 18.0. The van der Waals surface area contributed by atoms with Gasteiger partial charge >= 0.3 is 0 Å². The molecule has 0 heterocycles. The summed E-state index contributed by atoms with van der Waals surface area (Å²) in [5.74, 6) is 0. The molecule has 0 rings (SSSR count). The van der Waals surface area contributed by atoms with E-state index in [1.54, 1.807) is 0 Å². The normalized spacial score (nSPS) is 12.0. The Kier molecular flexibility index (Phi) is 48.0. The number of hydrogen-bond donors (Lipinski definition) is 6. The molecular formula is C40H92N2O10P2. The summed E-state index contributed by atoms with van der Waals surface area (Å²) < 4.78 is 19.5. The smallest absolute Gasteiger partial charge is 0.262 e. The maximum Gasteiger partial charge on any atom is 0.262 e. The number of hydrogen-bond acceptors (Lipinski definition) is 6. The number of phosphoric acid groups is 2. The molecule has 0 aliphatic carbocycles. The van der Waals surface area contributed by atoms with Crippen LogP contribution in [-0.2, 0) is 9.13 Å². The molecule has 0 saturated carbocycles. The quantitative estimate of drug-likeness (QED) is 0.0210. The van der Waals surface area contributed by atoms with Crippen LogP contribution in [-0.4, -0.2) is 106 Å². The van der Waals surface area contributed by atoms with Crippen LogP contribution >= 0.6 is 15.6 Å². The Hall–Kier alpha value is 0.0600. The molecule has 0 aliphatic rings. The average Bonchev–Trinajstić information content (AvgIpc) is 3.04. The Balaban J connectivity index is -0.000000369. The lowest BCUT2D eigenvalue weighted by atomic mass is 10.0. The molecule has 14 heteroatoms. The lowest BCUT2D eigenvalue weighted by Gasteiger charge is -2.28. The van der Waals surface area contributed by atoms with E-state index >= 15 is 0 Å². The Morgan fingerprint density at radius 2 is 0.500 bits per heavy atom. The highest BCUT2D eigenvalue weighted by Crippen LogP contribution is 2.19. The summed E-state index contributed by atoms with van der Waals surface area (Å²) >= 11 is 0. The number of likely N-dealkylation sites (N-methyl/N-ethyl adjacent to an activating group) is 2. The van der Waals surface area contributed by atoms with Gasteiger partial charge in [0, 0.05) is 0 Å². The van der Waals surface area contributed by atoms with Gasteiger partial charge in [0.05, 0.1) is 54.5 Å². The SMILES string of the molecule is CCCCCCCCCCCCCCCC[N+](C)(C)CCO.CCCCCCCCCCCCCCCC[N+](C)(C)CCO.O=P([O-])(O)O.O=P([O-])(O)O. The topological polar surface area (TPSA) is 202 Å². The summed E-state index contributed by atoms with van der Waals surface area (Å²) in [6.07, 6.45) is 39.8. The molecule has 0 aromatic rings. The highest BCUT2D eigenvalue weighted by molar-refractivity contribution is 7.43. The first-order chi connectivity index (χ1) is 25.2. The van der Waals surface area contributed by atoms with Crippen LogP contribution in [0.15, 0.2) is 0 Å². The van der Waals surface area contributed by atoms with E-state index < -0.39 is 15.6 Å². The van der Waals surface area contributed by atoms with Crippen LogP contribution in [0.5, 0.6) is 0 Å². The maximum atomic E-state index is 9.00. The second kappa shape index (κ2) is 42.7. The van der Waals surface area contributed by atoms with Crippen LogP contribution in [0.1, 0.15) is 194 Å². The zero-order chi connectivity index (χ0) is 42.0. The average molecular weight is 823 g/mol. The maximum absolute atomic E-state index is 9.00. The fourth-order valence-electron chi connectivity index (χ4n) is 6.23. The van der Waals surface area contributed by atoms with Crippen molar-refractivity contribution in [2.45, 2.75) is 194 Å². The standard InChI is InChI=1S/2C20H44NO.2H3O4P/c2*1-4-5-6-7-8-9-10-11-12-13-14-15-16-17-18-21(2,3)19-20-22;2*1-5(2,3)4/h2*22H,4-20H2,1-3H3;2*(H3,1,2,3,4)/q2*+1;;/p-2. The molecule has 0 aliphatic heterocycles. The first kappa shape index (κ1) is 60.7. The monoisotopic (exact) mass is 823 g/mol. The Labute approximate surface area is 333 Å². The molecule has 0 atom stereocenters. The zero-order valence-corrected chi connectivity index (χ0v) is 37.9. The lowest BCUT2D eigenvalue weighted by molar-refractivity contribution is -0.890. The molecule has 0 aromatic carbocycles. The predicted molar refractivity (Wildman–Crippen MR) is 223 cm³/mol. The zero-order valence-electron chi connectivity index (χ0n) is 36.1. The van der Waals surface area contributed by atoms with Crippen LogP contribution in [0.3, 0.4) is 0 Å². The highest BCUT2D eigenvalue weighted by atomic mass is 31.2. The molecule has 0 aromatic heterocycles. The second-order valence-electron chi connectivity index (χ2n) is 16.4. The van der Waals surface area contributed by atoms with Gasteiger partial charge in [-0.1, -0.05) is 168 Å². The molecule has 0 bridgehead atoms. The number of aliphatic hydroxyl groups is 2. The largest absolute Gasteiger partial charge is 0.756 e. The Morgan fingerprint density at radius 1 is 0.352 bits per heavy atom. The summed E-state index contributed by atoms with van der Waals surface area (Å²) in [7, 11) is -0.895. The minimum Gasteiger partial charge on any atom is -0.756 e. The first-order valence-corrected chi connectivity index (χ1v) is 24.7. The number of rotatable bonds is 34. The molecular weight excluding hydrogens is 730 g/mol. The minimum absolute atomic E-state index is 0.311. The van der Waals surface area contributed by atoms with E-state index in [-0.39, 0.29) is 0 Å². The van der Waals surface area contributed by atoms with Crippen molar-refractivity contribution in [2.24, 2.45) is 0 Å². The van der Waals surface area contributed by atoms with Crippen molar-refractivity contribution in [3.8, 4) is 0 Å². The van der Waals surface area contributed by atoms with Gasteiger partial charge in [0.1, 0.15) is 13.1 Å². The van der Waals surface area contributed by atoms with Gasteiger partial charge in [0.25, 0.3) is 15.6 Å². The molecule has 0 amide bonds. The molecule has 0 fully saturated rings. The third kappa shape index (κ3) is 76.7. The van der Waals surface area contributed by atoms with Crippen molar-refractivity contribution >= 4 is 15.6 Å². The van der Waals surface area contributed by atoms with Crippen LogP contribution in [0, 0.1) is 0 Å². The van der Waals surface area contributed by atoms with Crippen LogP contribution in [0.25, 0.3) is 0 Å². The van der Waals surface area contributed by atoms with Crippen LogP contribution in [0.4, 0.5) is 0 Å². The lowest BCUT2D eigenvalue weighted by Crippen LogP contribution is -2.42. The van der Waals surface area contributed by atoms with E-state index in [4.69, 9.17) is 48.7 Å². The van der Waals surface area contributed by atoms with Crippen molar-refractivity contribution in [2.75, 3.05) is 67.6 Å². The van der Waals surface area contributed by atoms with Crippen LogP contribution in [0.2, 0.25) is 0 Å². The first-order valence-electron chi connectivity index (χ1n) is 21.6. The molecule has 0 saturated heterocycles. The number of unbranched alkanes of at least 4 members (excludes halogenated alkanes) is 26. The fourth-order valence-corrected chi connectivity index (χ4v) is 6.23. The van der Waals surface area contributed by atoms with Crippen molar-refractivity contribution in [3.05, 3.63) is 0 Å². The minimum atomic E-state index is -4.89. The molecule has 0 unspecified atom stereocenters. The molecule has 0 radical (unpaired) electrons. The predicted octanol–water partition coefficient (Wildman–Crippen LogP) is 7.95. The number of nitrogens with zero attached hydrogens (tertiary/aromatic N) is 2. The number of aliphatic hydroxyl groups excluding tert-OH is 2. The van der Waals surface area contributed by atoms with Gasteiger partial charge < -0.3 is 48.5 Å². The summed E-state index contributed by atoms with van der Waals surface area (Å²) in [5.41, 5.74) is 0. The molecule has 12 nitrogen and oxygen atoms in total. The Bertz CT molecular complexity index is 744.